The Bertz CT molecular complexity index is 352. The van der Waals surface area contributed by atoms with Crippen LogP contribution in [0.2, 0.25) is 5.02 Å². The van der Waals surface area contributed by atoms with Crippen LogP contribution in [0.3, 0.4) is 0 Å². The van der Waals surface area contributed by atoms with Crippen molar-refractivity contribution >= 4 is 34.2 Å². The lowest BCUT2D eigenvalue weighted by atomic mass is 9.97. The van der Waals surface area contributed by atoms with Crippen molar-refractivity contribution in [2.24, 2.45) is 5.92 Å². The molecule has 0 saturated carbocycles. The summed E-state index contributed by atoms with van der Waals surface area (Å²) in [5.74, 6) is 0.744. The first-order chi connectivity index (χ1) is 8.04. The number of hydrogen-bond donors (Lipinski definition) is 1. The molecule has 1 atom stereocenters. The van der Waals surface area contributed by atoms with Gasteiger partial charge in [-0.3, -0.25) is 0 Å². The van der Waals surface area contributed by atoms with Crippen molar-refractivity contribution in [1.82, 2.24) is 5.32 Å². The van der Waals surface area contributed by atoms with E-state index < -0.39 is 0 Å². The molecule has 1 aromatic rings. The Morgan fingerprint density at radius 2 is 2.00 bits per heavy atom. The van der Waals surface area contributed by atoms with E-state index in [2.05, 4.69) is 60.8 Å². The lowest BCUT2D eigenvalue weighted by Gasteiger charge is -2.21. The molecular formula is C14H21ClIN. The van der Waals surface area contributed by atoms with Crippen LogP contribution >= 0.6 is 34.2 Å². The van der Waals surface area contributed by atoms with Gasteiger partial charge in [0.05, 0.1) is 0 Å². The van der Waals surface area contributed by atoms with Crippen LogP contribution in [-0.2, 0) is 0 Å². The zero-order valence-electron chi connectivity index (χ0n) is 10.8. The summed E-state index contributed by atoms with van der Waals surface area (Å²) in [6.07, 6.45) is 2.40. The van der Waals surface area contributed by atoms with E-state index in [-0.39, 0.29) is 0 Å². The highest BCUT2D eigenvalue weighted by atomic mass is 127. The fourth-order valence-corrected chi connectivity index (χ4v) is 2.79. The van der Waals surface area contributed by atoms with Gasteiger partial charge in [-0.1, -0.05) is 32.4 Å². The first-order valence-corrected chi connectivity index (χ1v) is 7.68. The Balaban J connectivity index is 2.84. The summed E-state index contributed by atoms with van der Waals surface area (Å²) in [6, 6.07) is 6.57. The van der Waals surface area contributed by atoms with Crippen molar-refractivity contribution in [3.05, 3.63) is 32.4 Å². The molecule has 0 fully saturated rings. The van der Waals surface area contributed by atoms with E-state index in [1.165, 1.54) is 22.0 Å². The molecule has 1 rings (SSSR count). The Labute approximate surface area is 123 Å². The molecule has 0 radical (unpaired) electrons. The number of nitrogens with one attached hydrogen (secondary N) is 1. The third-order valence-corrected chi connectivity index (χ3v) is 4.03. The molecule has 0 aliphatic carbocycles. The standard InChI is InChI=1S/C14H21ClIN/c1-4-17-14(8-5-10(2)3)12-9-11(15)6-7-13(12)16/h6-7,9-10,14,17H,4-5,8H2,1-3H3. The van der Waals surface area contributed by atoms with Crippen molar-refractivity contribution in [3.63, 3.8) is 0 Å². The summed E-state index contributed by atoms with van der Waals surface area (Å²) in [6.45, 7) is 7.68. The highest BCUT2D eigenvalue weighted by Crippen LogP contribution is 2.27. The van der Waals surface area contributed by atoms with E-state index in [0.29, 0.717) is 6.04 Å². The molecule has 0 spiro atoms. The Kier molecular flexibility index (Phi) is 6.82. The third-order valence-electron chi connectivity index (χ3n) is 2.82. The highest BCUT2D eigenvalue weighted by Gasteiger charge is 2.14. The summed E-state index contributed by atoms with van der Waals surface area (Å²) in [4.78, 5) is 0. The minimum Gasteiger partial charge on any atom is -0.310 e. The first kappa shape index (κ1) is 15.3. The molecule has 3 heteroatoms. The molecule has 0 aliphatic rings. The van der Waals surface area contributed by atoms with Gasteiger partial charge in [-0.2, -0.15) is 0 Å². The summed E-state index contributed by atoms with van der Waals surface area (Å²) in [5.41, 5.74) is 1.33. The van der Waals surface area contributed by atoms with Crippen molar-refractivity contribution in [2.75, 3.05) is 6.54 Å². The van der Waals surface area contributed by atoms with E-state index in [4.69, 9.17) is 11.6 Å². The first-order valence-electron chi connectivity index (χ1n) is 6.23. The van der Waals surface area contributed by atoms with Gasteiger partial charge in [0, 0.05) is 14.6 Å². The molecule has 96 valence electrons. The molecular weight excluding hydrogens is 345 g/mol. The molecule has 0 aliphatic heterocycles. The number of hydrogen-bond acceptors (Lipinski definition) is 1. The van der Waals surface area contributed by atoms with Gasteiger partial charge >= 0.3 is 0 Å². The maximum atomic E-state index is 6.09. The van der Waals surface area contributed by atoms with E-state index in [9.17, 15) is 0 Å². The second-order valence-corrected chi connectivity index (χ2v) is 6.35. The van der Waals surface area contributed by atoms with Gasteiger partial charge in [0.25, 0.3) is 0 Å². The molecule has 0 aromatic heterocycles. The SMILES string of the molecule is CCNC(CCC(C)C)c1cc(Cl)ccc1I. The van der Waals surface area contributed by atoms with Crippen LogP contribution < -0.4 is 5.32 Å². The summed E-state index contributed by atoms with van der Waals surface area (Å²) in [7, 11) is 0. The monoisotopic (exact) mass is 365 g/mol. The van der Waals surface area contributed by atoms with E-state index in [1.54, 1.807) is 0 Å². The second-order valence-electron chi connectivity index (χ2n) is 4.75. The van der Waals surface area contributed by atoms with Crippen LogP contribution in [0, 0.1) is 9.49 Å². The van der Waals surface area contributed by atoms with Crippen LogP contribution in [-0.4, -0.2) is 6.54 Å². The third kappa shape index (κ3) is 5.14. The Morgan fingerprint density at radius 3 is 2.59 bits per heavy atom. The Morgan fingerprint density at radius 1 is 1.29 bits per heavy atom. The van der Waals surface area contributed by atoms with Crippen LogP contribution in [0.1, 0.15) is 45.2 Å². The van der Waals surface area contributed by atoms with Gasteiger partial charge in [0.2, 0.25) is 0 Å². The molecule has 1 unspecified atom stereocenters. The van der Waals surface area contributed by atoms with Crippen LogP contribution in [0.15, 0.2) is 18.2 Å². The maximum Gasteiger partial charge on any atom is 0.0410 e. The molecule has 17 heavy (non-hydrogen) atoms. The zero-order chi connectivity index (χ0) is 12.8. The molecule has 0 amide bonds. The van der Waals surface area contributed by atoms with Crippen molar-refractivity contribution in [1.29, 1.82) is 0 Å². The lowest BCUT2D eigenvalue weighted by Crippen LogP contribution is -2.22. The molecule has 0 saturated heterocycles. The highest BCUT2D eigenvalue weighted by molar-refractivity contribution is 14.1. The summed E-state index contributed by atoms with van der Waals surface area (Å²) < 4.78 is 1.29. The van der Waals surface area contributed by atoms with Gasteiger partial charge in [-0.15, -0.1) is 0 Å². The molecule has 1 aromatic carbocycles. The van der Waals surface area contributed by atoms with E-state index >= 15 is 0 Å². The zero-order valence-corrected chi connectivity index (χ0v) is 13.7. The van der Waals surface area contributed by atoms with E-state index in [1.807, 2.05) is 6.07 Å². The fourth-order valence-electron chi connectivity index (χ4n) is 1.90. The van der Waals surface area contributed by atoms with Crippen LogP contribution in [0.4, 0.5) is 0 Å². The van der Waals surface area contributed by atoms with E-state index in [0.717, 1.165) is 17.5 Å². The van der Waals surface area contributed by atoms with Gasteiger partial charge in [0.1, 0.15) is 0 Å². The predicted octanol–water partition coefficient (Wildman–Crippen LogP) is 5.03. The lowest BCUT2D eigenvalue weighted by molar-refractivity contribution is 0.447. The van der Waals surface area contributed by atoms with Crippen molar-refractivity contribution < 1.29 is 0 Å². The fraction of sp³-hybridized carbons (Fsp3) is 0.571. The molecule has 1 nitrogen and oxygen atoms in total. The average Bonchev–Trinajstić information content (AvgIpc) is 2.27. The van der Waals surface area contributed by atoms with Crippen LogP contribution in [0.25, 0.3) is 0 Å². The largest absolute Gasteiger partial charge is 0.310 e. The summed E-state index contributed by atoms with van der Waals surface area (Å²) in [5, 5.41) is 4.39. The van der Waals surface area contributed by atoms with Gasteiger partial charge < -0.3 is 5.32 Å². The quantitative estimate of drug-likeness (QED) is 0.697. The minimum absolute atomic E-state index is 0.424. The van der Waals surface area contributed by atoms with Crippen LogP contribution in [0.5, 0.6) is 0 Å². The average molecular weight is 366 g/mol. The van der Waals surface area contributed by atoms with Gasteiger partial charge in [0.15, 0.2) is 0 Å². The number of halogens is 2. The topological polar surface area (TPSA) is 12.0 Å². The molecule has 0 heterocycles. The summed E-state index contributed by atoms with van der Waals surface area (Å²) >= 11 is 8.48. The molecule has 1 N–H and O–H groups in total. The van der Waals surface area contributed by atoms with Crippen molar-refractivity contribution in [3.8, 4) is 0 Å². The van der Waals surface area contributed by atoms with Gasteiger partial charge in [-0.05, 0) is 71.7 Å². The predicted molar refractivity (Wildman–Crippen MR) is 84.7 cm³/mol. The smallest absolute Gasteiger partial charge is 0.0410 e. The second kappa shape index (κ2) is 7.59. The van der Waals surface area contributed by atoms with Gasteiger partial charge in [-0.25, -0.2) is 0 Å². The number of rotatable bonds is 6. The normalized spacial score (nSPS) is 13.1. The maximum absolute atomic E-state index is 6.09. The Hall–Kier alpha value is 0.200. The minimum atomic E-state index is 0.424. The number of benzene rings is 1. The van der Waals surface area contributed by atoms with Crippen molar-refractivity contribution in [2.45, 2.75) is 39.7 Å². The molecule has 0 bridgehead atoms.